The smallest absolute Gasteiger partial charge is 0.240 e. The van der Waals surface area contributed by atoms with Gasteiger partial charge in [-0.05, 0) is 0 Å². The molecular formula is C9H18ClN3O3. The minimum absolute atomic E-state index is 0. The van der Waals surface area contributed by atoms with E-state index in [9.17, 15) is 9.59 Å². The molecule has 6 nitrogen and oxygen atoms in total. The number of nitrogens with one attached hydrogen (secondary N) is 2. The number of carbonyl (C=O) groups is 2. The SMILES string of the molecule is CN1CCNC(CC(=O)NCCO)C1=O.Cl. The lowest BCUT2D eigenvalue weighted by Crippen LogP contribution is -2.54. The number of aliphatic hydroxyl groups excluding tert-OH is 1. The number of rotatable bonds is 4. The van der Waals surface area contributed by atoms with Crippen LogP contribution in [0.2, 0.25) is 0 Å². The molecule has 0 spiro atoms. The number of nitrogens with zero attached hydrogens (tertiary/aromatic N) is 1. The van der Waals surface area contributed by atoms with Gasteiger partial charge in [0.15, 0.2) is 0 Å². The summed E-state index contributed by atoms with van der Waals surface area (Å²) < 4.78 is 0. The van der Waals surface area contributed by atoms with E-state index in [0.29, 0.717) is 13.1 Å². The van der Waals surface area contributed by atoms with E-state index in [2.05, 4.69) is 10.6 Å². The van der Waals surface area contributed by atoms with Gasteiger partial charge in [0, 0.05) is 26.7 Å². The molecule has 0 aliphatic carbocycles. The zero-order chi connectivity index (χ0) is 11.3. The lowest BCUT2D eigenvalue weighted by atomic mass is 10.1. The van der Waals surface area contributed by atoms with Crippen molar-refractivity contribution >= 4 is 24.2 Å². The maximum atomic E-state index is 11.6. The fraction of sp³-hybridized carbons (Fsp3) is 0.778. The van der Waals surface area contributed by atoms with E-state index in [-0.39, 0.29) is 43.8 Å². The third-order valence-corrected chi connectivity index (χ3v) is 2.34. The summed E-state index contributed by atoms with van der Waals surface area (Å²) in [6.45, 7) is 1.53. The predicted molar refractivity (Wildman–Crippen MR) is 61.4 cm³/mol. The van der Waals surface area contributed by atoms with Gasteiger partial charge in [-0.2, -0.15) is 0 Å². The van der Waals surface area contributed by atoms with Crippen LogP contribution in [-0.2, 0) is 9.59 Å². The molecule has 94 valence electrons. The first-order valence-corrected chi connectivity index (χ1v) is 5.01. The highest BCUT2D eigenvalue weighted by Gasteiger charge is 2.27. The molecule has 3 N–H and O–H groups in total. The van der Waals surface area contributed by atoms with Crippen molar-refractivity contribution in [1.82, 2.24) is 15.5 Å². The fourth-order valence-corrected chi connectivity index (χ4v) is 1.48. The molecule has 7 heteroatoms. The second-order valence-corrected chi connectivity index (χ2v) is 3.54. The van der Waals surface area contributed by atoms with Crippen LogP contribution in [0.3, 0.4) is 0 Å². The normalized spacial score (nSPS) is 20.2. The molecule has 0 radical (unpaired) electrons. The van der Waals surface area contributed by atoms with Crippen LogP contribution in [-0.4, -0.2) is 61.2 Å². The summed E-state index contributed by atoms with van der Waals surface area (Å²) in [6.07, 6.45) is 0.128. The van der Waals surface area contributed by atoms with Gasteiger partial charge >= 0.3 is 0 Å². The summed E-state index contributed by atoms with van der Waals surface area (Å²) in [5.74, 6) is -0.273. The molecule has 1 saturated heterocycles. The predicted octanol–water partition coefficient (Wildman–Crippen LogP) is -1.66. The highest BCUT2D eigenvalue weighted by molar-refractivity contribution is 5.88. The number of amides is 2. The topological polar surface area (TPSA) is 81.7 Å². The molecule has 1 heterocycles. The van der Waals surface area contributed by atoms with Crippen molar-refractivity contribution in [2.24, 2.45) is 0 Å². The molecule has 0 aromatic rings. The van der Waals surface area contributed by atoms with E-state index in [4.69, 9.17) is 5.11 Å². The van der Waals surface area contributed by atoms with Crippen molar-refractivity contribution in [2.45, 2.75) is 12.5 Å². The average molecular weight is 252 g/mol. The van der Waals surface area contributed by atoms with Crippen molar-refractivity contribution in [3.05, 3.63) is 0 Å². The van der Waals surface area contributed by atoms with E-state index in [1.807, 2.05) is 0 Å². The lowest BCUT2D eigenvalue weighted by Gasteiger charge is -2.29. The van der Waals surface area contributed by atoms with E-state index in [0.717, 1.165) is 0 Å². The number of halogens is 1. The van der Waals surface area contributed by atoms with E-state index >= 15 is 0 Å². The quantitative estimate of drug-likeness (QED) is 0.559. The number of aliphatic hydroxyl groups is 1. The maximum Gasteiger partial charge on any atom is 0.240 e. The minimum atomic E-state index is -0.428. The Bertz CT molecular complexity index is 250. The van der Waals surface area contributed by atoms with Crippen LogP contribution in [0.5, 0.6) is 0 Å². The Morgan fingerprint density at radius 1 is 1.69 bits per heavy atom. The fourth-order valence-electron chi connectivity index (χ4n) is 1.48. The Hall–Kier alpha value is -0.850. The minimum Gasteiger partial charge on any atom is -0.395 e. The van der Waals surface area contributed by atoms with Gasteiger partial charge < -0.3 is 20.6 Å². The highest BCUT2D eigenvalue weighted by atomic mass is 35.5. The van der Waals surface area contributed by atoms with Gasteiger partial charge in [0.05, 0.1) is 19.1 Å². The van der Waals surface area contributed by atoms with Crippen molar-refractivity contribution < 1.29 is 14.7 Å². The number of hydrogen-bond donors (Lipinski definition) is 3. The average Bonchev–Trinajstić information content (AvgIpc) is 2.22. The van der Waals surface area contributed by atoms with Crippen molar-refractivity contribution in [3.8, 4) is 0 Å². The molecular weight excluding hydrogens is 234 g/mol. The Kier molecular flexibility index (Phi) is 7.03. The largest absolute Gasteiger partial charge is 0.395 e. The molecule has 0 aromatic heterocycles. The van der Waals surface area contributed by atoms with Crippen molar-refractivity contribution in [2.75, 3.05) is 33.3 Å². The lowest BCUT2D eigenvalue weighted by molar-refractivity contribution is -0.136. The summed E-state index contributed by atoms with van der Waals surface area (Å²) in [4.78, 5) is 24.5. The van der Waals surface area contributed by atoms with Gasteiger partial charge in [0.25, 0.3) is 0 Å². The van der Waals surface area contributed by atoms with Crippen LogP contribution in [0.15, 0.2) is 0 Å². The standard InChI is InChI=1S/C9H17N3O3.ClH/c1-12-4-2-10-7(9(12)15)6-8(14)11-3-5-13;/h7,10,13H,2-6H2,1H3,(H,11,14);1H. The second kappa shape index (κ2) is 7.43. The Morgan fingerprint density at radius 2 is 2.38 bits per heavy atom. The molecule has 0 bridgehead atoms. The van der Waals surface area contributed by atoms with Gasteiger partial charge in [0.1, 0.15) is 0 Å². The number of likely N-dealkylation sites (N-methyl/N-ethyl adjacent to an activating group) is 1. The van der Waals surface area contributed by atoms with Crippen molar-refractivity contribution in [3.63, 3.8) is 0 Å². The third kappa shape index (κ3) is 4.34. The summed E-state index contributed by atoms with van der Waals surface area (Å²) >= 11 is 0. The van der Waals surface area contributed by atoms with Gasteiger partial charge in [-0.1, -0.05) is 0 Å². The monoisotopic (exact) mass is 251 g/mol. The Morgan fingerprint density at radius 3 is 3.00 bits per heavy atom. The van der Waals surface area contributed by atoms with Crippen LogP contribution in [0, 0.1) is 0 Å². The number of carbonyl (C=O) groups excluding carboxylic acids is 2. The molecule has 1 aliphatic rings. The Balaban J connectivity index is 0.00000225. The van der Waals surface area contributed by atoms with Crippen LogP contribution >= 0.6 is 12.4 Å². The molecule has 1 fully saturated rings. The van der Waals surface area contributed by atoms with Gasteiger partial charge in [-0.25, -0.2) is 0 Å². The summed E-state index contributed by atoms with van der Waals surface area (Å²) in [5, 5.41) is 14.0. The van der Waals surface area contributed by atoms with Crippen LogP contribution in [0.25, 0.3) is 0 Å². The van der Waals surface area contributed by atoms with Crippen LogP contribution in [0.1, 0.15) is 6.42 Å². The van der Waals surface area contributed by atoms with Crippen LogP contribution < -0.4 is 10.6 Å². The van der Waals surface area contributed by atoms with Gasteiger partial charge in [0.2, 0.25) is 11.8 Å². The van der Waals surface area contributed by atoms with E-state index < -0.39 is 6.04 Å². The molecule has 1 unspecified atom stereocenters. The van der Waals surface area contributed by atoms with E-state index in [1.165, 1.54) is 0 Å². The molecule has 16 heavy (non-hydrogen) atoms. The van der Waals surface area contributed by atoms with Gasteiger partial charge in [-0.15, -0.1) is 12.4 Å². The van der Waals surface area contributed by atoms with Gasteiger partial charge in [-0.3, -0.25) is 9.59 Å². The maximum absolute atomic E-state index is 11.6. The zero-order valence-electron chi connectivity index (χ0n) is 9.23. The first kappa shape index (κ1) is 15.2. The summed E-state index contributed by atoms with van der Waals surface area (Å²) in [7, 11) is 1.72. The molecule has 1 aliphatic heterocycles. The highest BCUT2D eigenvalue weighted by Crippen LogP contribution is 2.02. The zero-order valence-corrected chi connectivity index (χ0v) is 10.0. The summed E-state index contributed by atoms with van der Waals surface area (Å²) in [6, 6.07) is -0.428. The molecule has 0 aromatic carbocycles. The van der Waals surface area contributed by atoms with Crippen LogP contribution in [0.4, 0.5) is 0 Å². The molecule has 0 saturated carbocycles. The number of piperazine rings is 1. The van der Waals surface area contributed by atoms with Crippen molar-refractivity contribution in [1.29, 1.82) is 0 Å². The first-order valence-electron chi connectivity index (χ1n) is 5.01. The molecule has 2 amide bonds. The molecule has 1 atom stereocenters. The Labute approximate surface area is 101 Å². The summed E-state index contributed by atoms with van der Waals surface area (Å²) in [5.41, 5.74) is 0. The number of hydrogen-bond acceptors (Lipinski definition) is 4. The first-order chi connectivity index (χ1) is 7.15. The van der Waals surface area contributed by atoms with E-state index in [1.54, 1.807) is 11.9 Å². The third-order valence-electron chi connectivity index (χ3n) is 2.34. The second-order valence-electron chi connectivity index (χ2n) is 3.54. The molecule has 1 rings (SSSR count).